The average molecular weight is 330 g/mol. The highest BCUT2D eigenvalue weighted by atomic mass is 19.3. The van der Waals surface area contributed by atoms with Crippen molar-refractivity contribution in [3.63, 3.8) is 0 Å². The Bertz CT molecular complexity index is 534. The van der Waals surface area contributed by atoms with E-state index in [9.17, 15) is 13.6 Å². The molecule has 0 spiro atoms. The van der Waals surface area contributed by atoms with E-state index in [1.165, 1.54) is 19.2 Å². The van der Waals surface area contributed by atoms with Gasteiger partial charge in [0.15, 0.2) is 11.5 Å². The zero-order valence-electron chi connectivity index (χ0n) is 14.2. The first-order valence-electron chi connectivity index (χ1n) is 7.21. The number of ether oxygens (including phenoxy) is 2. The van der Waals surface area contributed by atoms with Gasteiger partial charge in [-0.1, -0.05) is 19.9 Å². The van der Waals surface area contributed by atoms with Gasteiger partial charge in [-0.05, 0) is 31.6 Å². The maximum Gasteiger partial charge on any atom is 0.387 e. The van der Waals surface area contributed by atoms with Gasteiger partial charge >= 0.3 is 6.61 Å². The Morgan fingerprint density at radius 1 is 1.35 bits per heavy atom. The highest BCUT2D eigenvalue weighted by Gasteiger charge is 2.23. The third kappa shape index (κ3) is 6.02. The number of alkyl halides is 2. The van der Waals surface area contributed by atoms with Gasteiger partial charge < -0.3 is 19.7 Å². The maximum absolute atomic E-state index is 12.6. The van der Waals surface area contributed by atoms with Crippen molar-refractivity contribution in [3.8, 4) is 11.5 Å². The van der Waals surface area contributed by atoms with Crippen LogP contribution in [-0.2, 0) is 0 Å². The number of amides is 1. The monoisotopic (exact) mass is 330 g/mol. The van der Waals surface area contributed by atoms with Gasteiger partial charge in [0.1, 0.15) is 0 Å². The minimum Gasteiger partial charge on any atom is -0.493 e. The second-order valence-electron chi connectivity index (χ2n) is 6.30. The fraction of sp³-hybridized carbons (Fsp3) is 0.562. The fourth-order valence-corrected chi connectivity index (χ4v) is 2.39. The normalized spacial score (nSPS) is 11.7. The van der Waals surface area contributed by atoms with Crippen LogP contribution in [0.3, 0.4) is 0 Å². The van der Waals surface area contributed by atoms with Crippen LogP contribution in [0.2, 0.25) is 0 Å². The molecular weight excluding hydrogens is 306 g/mol. The summed E-state index contributed by atoms with van der Waals surface area (Å²) in [6.45, 7) is 2.15. The molecule has 7 heteroatoms. The van der Waals surface area contributed by atoms with Crippen molar-refractivity contribution in [1.82, 2.24) is 10.2 Å². The number of nitrogens with zero attached hydrogens (tertiary/aromatic N) is 1. The number of hydrogen-bond acceptors (Lipinski definition) is 4. The molecule has 5 nitrogen and oxygen atoms in total. The molecule has 0 unspecified atom stereocenters. The summed E-state index contributed by atoms with van der Waals surface area (Å²) in [5.41, 5.74) is -0.146. The number of nitrogens with one attached hydrogen (secondary N) is 1. The first kappa shape index (κ1) is 19.2. The number of rotatable bonds is 8. The average Bonchev–Trinajstić information content (AvgIpc) is 2.43. The van der Waals surface area contributed by atoms with Crippen LogP contribution in [0.25, 0.3) is 0 Å². The molecule has 1 aromatic rings. The molecule has 0 atom stereocenters. The first-order chi connectivity index (χ1) is 10.7. The highest BCUT2D eigenvalue weighted by molar-refractivity contribution is 5.97. The van der Waals surface area contributed by atoms with Gasteiger partial charge in [0.2, 0.25) is 0 Å². The molecular formula is C16H24F2N2O3. The van der Waals surface area contributed by atoms with Gasteiger partial charge in [0.05, 0.1) is 12.7 Å². The molecule has 1 aromatic carbocycles. The third-order valence-electron chi connectivity index (χ3n) is 3.12. The van der Waals surface area contributed by atoms with Crippen molar-refractivity contribution in [2.24, 2.45) is 5.41 Å². The van der Waals surface area contributed by atoms with Crippen molar-refractivity contribution in [3.05, 3.63) is 23.8 Å². The number of benzene rings is 1. The second-order valence-corrected chi connectivity index (χ2v) is 6.30. The Hall–Kier alpha value is -1.89. The van der Waals surface area contributed by atoms with E-state index in [0.717, 1.165) is 6.54 Å². The Kier molecular flexibility index (Phi) is 6.75. The molecule has 0 aliphatic carbocycles. The van der Waals surface area contributed by atoms with Gasteiger partial charge in [0, 0.05) is 13.1 Å². The van der Waals surface area contributed by atoms with Crippen molar-refractivity contribution in [2.45, 2.75) is 20.5 Å². The van der Waals surface area contributed by atoms with Gasteiger partial charge in [-0.3, -0.25) is 4.79 Å². The molecule has 1 N–H and O–H groups in total. The summed E-state index contributed by atoms with van der Waals surface area (Å²) in [5.74, 6) is -0.648. The van der Waals surface area contributed by atoms with E-state index in [1.54, 1.807) is 6.07 Å². The summed E-state index contributed by atoms with van der Waals surface area (Å²) in [6, 6.07) is 4.44. The molecule has 1 amide bonds. The number of carbonyl (C=O) groups excluding carboxylic acids is 1. The van der Waals surface area contributed by atoms with Crippen LogP contribution in [0.4, 0.5) is 8.78 Å². The summed E-state index contributed by atoms with van der Waals surface area (Å²) in [7, 11) is 5.22. The SMILES string of the molecule is COc1cccc(C(=O)NCC(C)(C)CN(C)C)c1OC(F)F. The predicted octanol–water partition coefficient (Wildman–Crippen LogP) is 2.61. The topological polar surface area (TPSA) is 50.8 Å². The lowest BCUT2D eigenvalue weighted by atomic mass is 9.93. The van der Waals surface area contributed by atoms with Crippen molar-refractivity contribution < 1.29 is 23.0 Å². The zero-order chi connectivity index (χ0) is 17.6. The summed E-state index contributed by atoms with van der Waals surface area (Å²) < 4.78 is 34.6. The van der Waals surface area contributed by atoms with Crippen LogP contribution in [0.5, 0.6) is 11.5 Å². The van der Waals surface area contributed by atoms with E-state index in [1.807, 2.05) is 32.8 Å². The quantitative estimate of drug-likeness (QED) is 0.796. The number of halogens is 2. The lowest BCUT2D eigenvalue weighted by Gasteiger charge is -2.28. The number of methoxy groups -OCH3 is 1. The van der Waals surface area contributed by atoms with Gasteiger partial charge in [-0.25, -0.2) is 0 Å². The van der Waals surface area contributed by atoms with Crippen LogP contribution in [-0.4, -0.2) is 51.7 Å². The first-order valence-corrected chi connectivity index (χ1v) is 7.21. The lowest BCUT2D eigenvalue weighted by molar-refractivity contribution is -0.0515. The van der Waals surface area contributed by atoms with Crippen LogP contribution in [0.1, 0.15) is 24.2 Å². The van der Waals surface area contributed by atoms with Crippen molar-refractivity contribution >= 4 is 5.91 Å². The molecule has 0 aliphatic heterocycles. The Labute approximate surface area is 135 Å². The van der Waals surface area contributed by atoms with Gasteiger partial charge in [-0.2, -0.15) is 8.78 Å². The van der Waals surface area contributed by atoms with E-state index in [-0.39, 0.29) is 22.5 Å². The molecule has 0 radical (unpaired) electrons. The van der Waals surface area contributed by atoms with Gasteiger partial charge in [0.25, 0.3) is 5.91 Å². The smallest absolute Gasteiger partial charge is 0.387 e. The molecule has 0 saturated carbocycles. The summed E-state index contributed by atoms with van der Waals surface area (Å²) in [4.78, 5) is 14.4. The van der Waals surface area contributed by atoms with Gasteiger partial charge in [-0.15, -0.1) is 0 Å². The number of hydrogen-bond donors (Lipinski definition) is 1. The minimum absolute atomic E-state index is 0.0188. The molecule has 0 fully saturated rings. The Balaban J connectivity index is 2.91. The summed E-state index contributed by atoms with van der Waals surface area (Å²) >= 11 is 0. The third-order valence-corrected chi connectivity index (χ3v) is 3.12. The van der Waals surface area contributed by atoms with Crippen molar-refractivity contribution in [1.29, 1.82) is 0 Å². The fourth-order valence-electron chi connectivity index (χ4n) is 2.39. The van der Waals surface area contributed by atoms with Crippen LogP contribution in [0.15, 0.2) is 18.2 Å². The standard InChI is InChI=1S/C16H24F2N2O3/c1-16(2,10-20(3)4)9-19-14(21)11-7-6-8-12(22-5)13(11)23-15(17)18/h6-8,15H,9-10H2,1-5H3,(H,19,21). The van der Waals surface area contributed by atoms with E-state index in [4.69, 9.17) is 4.74 Å². The number of carbonyl (C=O) groups is 1. The molecule has 23 heavy (non-hydrogen) atoms. The minimum atomic E-state index is -3.04. The zero-order valence-corrected chi connectivity index (χ0v) is 14.2. The molecule has 0 heterocycles. The van der Waals surface area contributed by atoms with E-state index < -0.39 is 12.5 Å². The predicted molar refractivity (Wildman–Crippen MR) is 84.3 cm³/mol. The molecule has 0 saturated heterocycles. The summed E-state index contributed by atoms with van der Waals surface area (Å²) in [6.07, 6.45) is 0. The Morgan fingerprint density at radius 3 is 2.52 bits per heavy atom. The second kappa shape index (κ2) is 8.10. The van der Waals surface area contributed by atoms with Crippen LogP contribution < -0.4 is 14.8 Å². The molecule has 1 rings (SSSR count). The largest absolute Gasteiger partial charge is 0.493 e. The maximum atomic E-state index is 12.6. The van der Waals surface area contributed by atoms with E-state index in [2.05, 4.69) is 10.1 Å². The highest BCUT2D eigenvalue weighted by Crippen LogP contribution is 2.32. The summed E-state index contributed by atoms with van der Waals surface area (Å²) in [5, 5.41) is 2.76. The van der Waals surface area contributed by atoms with E-state index >= 15 is 0 Å². The van der Waals surface area contributed by atoms with Crippen LogP contribution in [0, 0.1) is 5.41 Å². The van der Waals surface area contributed by atoms with Crippen molar-refractivity contribution in [2.75, 3.05) is 34.3 Å². The van der Waals surface area contributed by atoms with Crippen LogP contribution >= 0.6 is 0 Å². The van der Waals surface area contributed by atoms with E-state index in [0.29, 0.717) is 6.54 Å². The Morgan fingerprint density at radius 2 is 2.00 bits per heavy atom. The molecule has 130 valence electrons. The molecule has 0 aliphatic rings. The molecule has 0 aromatic heterocycles. The lowest BCUT2D eigenvalue weighted by Crippen LogP contribution is -2.40. The molecule has 0 bridgehead atoms. The number of para-hydroxylation sites is 1.